The summed E-state index contributed by atoms with van der Waals surface area (Å²) < 4.78 is 0. The van der Waals surface area contributed by atoms with E-state index in [1.807, 2.05) is 13.8 Å². The van der Waals surface area contributed by atoms with E-state index < -0.39 is 0 Å². The van der Waals surface area contributed by atoms with E-state index >= 15 is 0 Å². The summed E-state index contributed by atoms with van der Waals surface area (Å²) in [7, 11) is 0. The van der Waals surface area contributed by atoms with Crippen LogP contribution in [0.25, 0.3) is 0 Å². The Bertz CT molecular complexity index is 274. The van der Waals surface area contributed by atoms with Crippen LogP contribution in [0, 0.1) is 17.3 Å². The van der Waals surface area contributed by atoms with Crippen molar-refractivity contribution in [2.45, 2.75) is 20.3 Å². The van der Waals surface area contributed by atoms with E-state index in [4.69, 9.17) is 5.11 Å². The number of likely N-dealkylation sites (tertiary alicyclic amines) is 1. The second kappa shape index (κ2) is 2.79. The van der Waals surface area contributed by atoms with Crippen LogP contribution in [0.15, 0.2) is 0 Å². The van der Waals surface area contributed by atoms with Gasteiger partial charge in [-0.15, -0.1) is 0 Å². The Hall–Kier alpha value is -0.900. The van der Waals surface area contributed by atoms with Gasteiger partial charge in [0.15, 0.2) is 0 Å². The third-order valence-electron chi connectivity index (χ3n) is 3.43. The average molecular weight is 197 g/mol. The van der Waals surface area contributed by atoms with E-state index in [-0.39, 0.29) is 35.7 Å². The molecule has 2 fully saturated rings. The van der Waals surface area contributed by atoms with Crippen LogP contribution in [0.5, 0.6) is 0 Å². The molecule has 1 N–H and O–H groups in total. The third kappa shape index (κ3) is 1.03. The van der Waals surface area contributed by atoms with Crippen molar-refractivity contribution in [2.24, 2.45) is 17.3 Å². The Morgan fingerprint density at radius 2 is 1.79 bits per heavy atom. The fourth-order valence-corrected chi connectivity index (χ4v) is 2.45. The predicted molar refractivity (Wildman–Crippen MR) is 49.2 cm³/mol. The first-order valence-electron chi connectivity index (χ1n) is 4.98. The number of carbonyl (C=O) groups excluding carboxylic acids is 2. The number of hydrogen-bond acceptors (Lipinski definition) is 3. The summed E-state index contributed by atoms with van der Waals surface area (Å²) in [5.74, 6) is -0.265. The van der Waals surface area contributed by atoms with Crippen molar-refractivity contribution in [3.05, 3.63) is 0 Å². The fraction of sp³-hybridized carbons (Fsp3) is 0.800. The van der Waals surface area contributed by atoms with Gasteiger partial charge in [0.1, 0.15) is 0 Å². The van der Waals surface area contributed by atoms with E-state index in [1.54, 1.807) is 0 Å². The Morgan fingerprint density at radius 1 is 1.29 bits per heavy atom. The summed E-state index contributed by atoms with van der Waals surface area (Å²) in [5, 5.41) is 8.63. The number of fused-ring (bicyclic) bond motifs is 1. The highest BCUT2D eigenvalue weighted by Crippen LogP contribution is 2.63. The number of aliphatic hydroxyl groups is 1. The summed E-state index contributed by atoms with van der Waals surface area (Å²) in [6, 6.07) is 0. The van der Waals surface area contributed by atoms with Gasteiger partial charge in [0.2, 0.25) is 11.8 Å². The van der Waals surface area contributed by atoms with Crippen molar-refractivity contribution < 1.29 is 14.7 Å². The number of aliphatic hydroxyl groups excluding tert-OH is 1. The van der Waals surface area contributed by atoms with Gasteiger partial charge < -0.3 is 5.11 Å². The molecule has 0 aromatic heterocycles. The quantitative estimate of drug-likeness (QED) is 0.648. The highest BCUT2D eigenvalue weighted by molar-refractivity contribution is 6.10. The molecular formula is C10H15NO3. The molecule has 4 heteroatoms. The standard InChI is InChI=1S/C10H15NO3/c1-10(2)6-7(10)9(14)11(8(6)13)4-3-5-12/h6-7,12H,3-5H2,1-2H3. The number of rotatable bonds is 3. The Kier molecular flexibility index (Phi) is 1.93. The van der Waals surface area contributed by atoms with E-state index in [1.165, 1.54) is 4.90 Å². The van der Waals surface area contributed by atoms with Crippen LogP contribution >= 0.6 is 0 Å². The Morgan fingerprint density at radius 3 is 2.21 bits per heavy atom. The smallest absolute Gasteiger partial charge is 0.233 e. The van der Waals surface area contributed by atoms with Crippen LogP contribution in [0.4, 0.5) is 0 Å². The molecule has 2 atom stereocenters. The van der Waals surface area contributed by atoms with Gasteiger partial charge in [0.05, 0.1) is 11.8 Å². The van der Waals surface area contributed by atoms with Crippen molar-refractivity contribution in [1.29, 1.82) is 0 Å². The third-order valence-corrected chi connectivity index (χ3v) is 3.43. The van der Waals surface area contributed by atoms with Gasteiger partial charge in [-0.2, -0.15) is 0 Å². The summed E-state index contributed by atoms with van der Waals surface area (Å²) in [4.78, 5) is 24.7. The molecule has 0 aromatic rings. The van der Waals surface area contributed by atoms with E-state index in [0.29, 0.717) is 13.0 Å². The van der Waals surface area contributed by atoms with Crippen LogP contribution in [0.3, 0.4) is 0 Å². The van der Waals surface area contributed by atoms with Crippen molar-refractivity contribution in [2.75, 3.05) is 13.2 Å². The summed E-state index contributed by atoms with van der Waals surface area (Å²) in [5.41, 5.74) is -0.121. The highest BCUT2D eigenvalue weighted by Gasteiger charge is 2.72. The van der Waals surface area contributed by atoms with Crippen molar-refractivity contribution in [1.82, 2.24) is 4.90 Å². The molecule has 14 heavy (non-hydrogen) atoms. The summed E-state index contributed by atoms with van der Waals surface area (Å²) in [6.45, 7) is 4.32. The van der Waals surface area contributed by atoms with Crippen LogP contribution in [0.2, 0.25) is 0 Å². The summed E-state index contributed by atoms with van der Waals surface area (Å²) in [6.07, 6.45) is 0.483. The maximum Gasteiger partial charge on any atom is 0.233 e. The molecule has 0 bridgehead atoms. The molecule has 2 unspecified atom stereocenters. The Balaban J connectivity index is 2.06. The Labute approximate surface area is 82.9 Å². The first-order valence-corrected chi connectivity index (χ1v) is 4.98. The lowest BCUT2D eigenvalue weighted by molar-refractivity contribution is -0.143. The second-order valence-electron chi connectivity index (χ2n) is 4.68. The second-order valence-corrected chi connectivity index (χ2v) is 4.68. The van der Waals surface area contributed by atoms with Gasteiger partial charge in [-0.05, 0) is 11.8 Å². The molecule has 0 spiro atoms. The lowest BCUT2D eigenvalue weighted by Gasteiger charge is -2.19. The van der Waals surface area contributed by atoms with Gasteiger partial charge in [0, 0.05) is 13.2 Å². The number of carbonyl (C=O) groups is 2. The maximum atomic E-state index is 11.7. The summed E-state index contributed by atoms with van der Waals surface area (Å²) >= 11 is 0. The SMILES string of the molecule is CC1(C)C2C(=O)N(CCCO)C(=O)C21. The van der Waals surface area contributed by atoms with Gasteiger partial charge in [0.25, 0.3) is 0 Å². The number of hydrogen-bond donors (Lipinski definition) is 1. The minimum atomic E-state index is -0.121. The molecule has 1 saturated carbocycles. The number of amides is 2. The van der Waals surface area contributed by atoms with Gasteiger partial charge in [-0.1, -0.05) is 13.8 Å². The minimum absolute atomic E-state index is 0.0236. The molecule has 2 aliphatic rings. The molecule has 1 aliphatic carbocycles. The lowest BCUT2D eigenvalue weighted by Crippen LogP contribution is -2.37. The zero-order valence-corrected chi connectivity index (χ0v) is 8.49. The van der Waals surface area contributed by atoms with Crippen molar-refractivity contribution >= 4 is 11.8 Å². The van der Waals surface area contributed by atoms with Crippen molar-refractivity contribution in [3.8, 4) is 0 Å². The first-order chi connectivity index (χ1) is 6.51. The first kappa shape index (κ1) is 9.65. The molecule has 0 radical (unpaired) electrons. The predicted octanol–water partition coefficient (Wildman–Crippen LogP) is 0.00980. The number of piperidine rings is 1. The van der Waals surface area contributed by atoms with E-state index in [2.05, 4.69) is 0 Å². The molecule has 4 nitrogen and oxygen atoms in total. The minimum Gasteiger partial charge on any atom is -0.396 e. The number of imide groups is 1. The molecule has 1 heterocycles. The number of nitrogens with zero attached hydrogens (tertiary/aromatic N) is 1. The molecule has 2 rings (SSSR count). The molecule has 78 valence electrons. The maximum absolute atomic E-state index is 11.7. The van der Waals surface area contributed by atoms with Crippen LogP contribution in [-0.2, 0) is 9.59 Å². The zero-order chi connectivity index (χ0) is 10.5. The van der Waals surface area contributed by atoms with Crippen LogP contribution < -0.4 is 0 Å². The van der Waals surface area contributed by atoms with Gasteiger partial charge in [-0.3, -0.25) is 14.5 Å². The molecule has 1 aliphatic heterocycles. The highest BCUT2D eigenvalue weighted by atomic mass is 16.3. The van der Waals surface area contributed by atoms with E-state index in [0.717, 1.165) is 0 Å². The zero-order valence-electron chi connectivity index (χ0n) is 8.49. The van der Waals surface area contributed by atoms with Crippen LogP contribution in [0.1, 0.15) is 20.3 Å². The largest absolute Gasteiger partial charge is 0.396 e. The lowest BCUT2D eigenvalue weighted by atomic mass is 10.1. The topological polar surface area (TPSA) is 57.6 Å². The van der Waals surface area contributed by atoms with Crippen molar-refractivity contribution in [3.63, 3.8) is 0 Å². The van der Waals surface area contributed by atoms with Crippen LogP contribution in [-0.4, -0.2) is 35.0 Å². The van der Waals surface area contributed by atoms with Gasteiger partial charge >= 0.3 is 0 Å². The normalized spacial score (nSPS) is 33.5. The molecular weight excluding hydrogens is 182 g/mol. The average Bonchev–Trinajstić information content (AvgIpc) is 2.57. The van der Waals surface area contributed by atoms with E-state index in [9.17, 15) is 9.59 Å². The van der Waals surface area contributed by atoms with Gasteiger partial charge in [-0.25, -0.2) is 0 Å². The molecule has 0 aromatic carbocycles. The molecule has 2 amide bonds. The monoisotopic (exact) mass is 197 g/mol. The fourth-order valence-electron chi connectivity index (χ4n) is 2.45. The molecule has 1 saturated heterocycles.